The van der Waals surface area contributed by atoms with E-state index in [-0.39, 0.29) is 18.3 Å². The highest BCUT2D eigenvalue weighted by atomic mass is 35.5. The molecule has 0 aliphatic heterocycles. The second-order valence-electron chi connectivity index (χ2n) is 3.96. The average molecular weight is 244 g/mol. The summed E-state index contributed by atoms with van der Waals surface area (Å²) in [6, 6.07) is 3.52. The van der Waals surface area contributed by atoms with Crippen LogP contribution in [0.5, 0.6) is 0 Å². The van der Waals surface area contributed by atoms with E-state index in [0.29, 0.717) is 24.6 Å². The fourth-order valence-electron chi connectivity index (χ4n) is 1.09. The maximum atomic E-state index is 11.4. The summed E-state index contributed by atoms with van der Waals surface area (Å²) in [5, 5.41) is 2.84. The number of nitrogen functional groups attached to an aromatic ring is 1. The zero-order chi connectivity index (χ0) is 11.3. The van der Waals surface area contributed by atoms with Gasteiger partial charge in [0.1, 0.15) is 0 Å². The molecule has 0 bridgehead atoms. The van der Waals surface area contributed by atoms with Crippen LogP contribution in [-0.2, 0) is 11.2 Å². The fraction of sp³-hybridized carbons (Fsp3) is 0.455. The van der Waals surface area contributed by atoms with Crippen LogP contribution in [0.15, 0.2) is 18.3 Å². The molecule has 16 heavy (non-hydrogen) atoms. The Labute approximate surface area is 102 Å². The third-order valence-electron chi connectivity index (χ3n) is 1.90. The van der Waals surface area contributed by atoms with Crippen molar-refractivity contribution in [3.63, 3.8) is 0 Å². The number of nitrogens with two attached hydrogens (primary N) is 1. The third kappa shape index (κ3) is 5.56. The van der Waals surface area contributed by atoms with Gasteiger partial charge in [0.25, 0.3) is 0 Å². The summed E-state index contributed by atoms with van der Waals surface area (Å²) in [5.41, 5.74) is 6.85. The Kier molecular flexibility index (Phi) is 6.49. The molecule has 0 aromatic carbocycles. The normalized spacial score (nSPS) is 9.69. The van der Waals surface area contributed by atoms with Gasteiger partial charge in [-0.05, 0) is 18.1 Å². The zero-order valence-corrected chi connectivity index (χ0v) is 10.4. The predicted octanol–water partition coefficient (Wildman–Crippen LogP) is 1.40. The lowest BCUT2D eigenvalue weighted by molar-refractivity contribution is -0.120. The molecular formula is C11H18ClN3O. The van der Waals surface area contributed by atoms with E-state index in [1.165, 1.54) is 0 Å². The van der Waals surface area contributed by atoms with Crippen molar-refractivity contribution < 1.29 is 4.79 Å². The van der Waals surface area contributed by atoms with Crippen molar-refractivity contribution in [1.82, 2.24) is 10.3 Å². The maximum Gasteiger partial charge on any atom is 0.226 e. The largest absolute Gasteiger partial charge is 0.397 e. The van der Waals surface area contributed by atoms with Crippen molar-refractivity contribution in [3.8, 4) is 0 Å². The lowest BCUT2D eigenvalue weighted by Gasteiger charge is -2.07. The van der Waals surface area contributed by atoms with Crippen molar-refractivity contribution in [2.45, 2.75) is 20.3 Å². The molecule has 0 unspecified atom stereocenters. The minimum absolute atomic E-state index is 0. The van der Waals surface area contributed by atoms with Gasteiger partial charge in [-0.1, -0.05) is 13.8 Å². The molecular weight excluding hydrogens is 226 g/mol. The lowest BCUT2D eigenvalue weighted by Crippen LogP contribution is -2.28. The molecule has 90 valence electrons. The number of hydrogen-bond acceptors (Lipinski definition) is 3. The summed E-state index contributed by atoms with van der Waals surface area (Å²) < 4.78 is 0. The summed E-state index contributed by atoms with van der Waals surface area (Å²) in [4.78, 5) is 15.5. The smallest absolute Gasteiger partial charge is 0.226 e. The van der Waals surface area contributed by atoms with Gasteiger partial charge in [-0.2, -0.15) is 0 Å². The van der Waals surface area contributed by atoms with Crippen LogP contribution >= 0.6 is 12.4 Å². The summed E-state index contributed by atoms with van der Waals surface area (Å²) in [5.74, 6) is 0.467. The molecule has 1 amide bonds. The number of hydrogen-bond donors (Lipinski definition) is 2. The van der Waals surface area contributed by atoms with Gasteiger partial charge in [-0.3, -0.25) is 9.78 Å². The van der Waals surface area contributed by atoms with Crippen LogP contribution in [0.25, 0.3) is 0 Å². The number of carbonyl (C=O) groups is 1. The maximum absolute atomic E-state index is 11.4. The van der Waals surface area contributed by atoms with Gasteiger partial charge in [-0.15, -0.1) is 12.4 Å². The Morgan fingerprint density at radius 2 is 2.19 bits per heavy atom. The first-order valence-corrected chi connectivity index (χ1v) is 5.05. The number of pyridine rings is 1. The van der Waals surface area contributed by atoms with E-state index >= 15 is 0 Å². The highest BCUT2D eigenvalue weighted by Gasteiger charge is 2.04. The SMILES string of the molecule is CC(C)CNC(=O)Cc1ccc(N)cn1.Cl. The Balaban J connectivity index is 0.00000225. The van der Waals surface area contributed by atoms with Crippen molar-refractivity contribution in [2.24, 2.45) is 5.92 Å². The average Bonchev–Trinajstić information content (AvgIpc) is 2.19. The number of nitrogens with one attached hydrogen (secondary N) is 1. The van der Waals surface area contributed by atoms with Gasteiger partial charge < -0.3 is 11.1 Å². The standard InChI is InChI=1S/C11H17N3O.ClH/c1-8(2)6-14-11(15)5-10-4-3-9(12)7-13-10;/h3-4,7-8H,5-6,12H2,1-2H3,(H,14,15);1H. The van der Waals surface area contributed by atoms with Gasteiger partial charge in [0.2, 0.25) is 5.91 Å². The number of nitrogens with zero attached hydrogens (tertiary/aromatic N) is 1. The highest BCUT2D eigenvalue weighted by molar-refractivity contribution is 5.85. The van der Waals surface area contributed by atoms with Crippen LogP contribution in [0, 0.1) is 5.92 Å². The van der Waals surface area contributed by atoms with Gasteiger partial charge in [0.15, 0.2) is 0 Å². The van der Waals surface area contributed by atoms with Crippen molar-refractivity contribution in [2.75, 3.05) is 12.3 Å². The minimum atomic E-state index is 0. The molecule has 0 atom stereocenters. The minimum Gasteiger partial charge on any atom is -0.397 e. The van der Waals surface area contributed by atoms with Crippen LogP contribution in [-0.4, -0.2) is 17.4 Å². The first-order chi connectivity index (χ1) is 7.08. The van der Waals surface area contributed by atoms with E-state index in [0.717, 1.165) is 5.69 Å². The Morgan fingerprint density at radius 3 is 2.69 bits per heavy atom. The van der Waals surface area contributed by atoms with E-state index in [9.17, 15) is 4.79 Å². The van der Waals surface area contributed by atoms with Crippen LogP contribution in [0.4, 0.5) is 5.69 Å². The Morgan fingerprint density at radius 1 is 1.50 bits per heavy atom. The molecule has 0 saturated heterocycles. The van der Waals surface area contributed by atoms with E-state index in [1.54, 1.807) is 18.3 Å². The highest BCUT2D eigenvalue weighted by Crippen LogP contribution is 2.01. The van der Waals surface area contributed by atoms with E-state index in [1.807, 2.05) is 0 Å². The summed E-state index contributed by atoms with van der Waals surface area (Å²) >= 11 is 0. The molecule has 1 aromatic rings. The molecule has 0 spiro atoms. The van der Waals surface area contributed by atoms with Crippen LogP contribution < -0.4 is 11.1 Å². The molecule has 0 aliphatic carbocycles. The van der Waals surface area contributed by atoms with E-state index in [2.05, 4.69) is 24.1 Å². The van der Waals surface area contributed by atoms with Gasteiger partial charge in [-0.25, -0.2) is 0 Å². The summed E-state index contributed by atoms with van der Waals surface area (Å²) in [6.07, 6.45) is 1.87. The molecule has 0 aliphatic rings. The van der Waals surface area contributed by atoms with Crippen LogP contribution in [0.3, 0.4) is 0 Å². The number of carbonyl (C=O) groups excluding carboxylic acids is 1. The predicted molar refractivity (Wildman–Crippen MR) is 67.4 cm³/mol. The number of rotatable bonds is 4. The summed E-state index contributed by atoms with van der Waals surface area (Å²) in [6.45, 7) is 4.82. The van der Waals surface area contributed by atoms with Crippen molar-refractivity contribution in [3.05, 3.63) is 24.0 Å². The first-order valence-electron chi connectivity index (χ1n) is 5.05. The number of aromatic nitrogens is 1. The number of amides is 1. The van der Waals surface area contributed by atoms with E-state index < -0.39 is 0 Å². The second-order valence-corrected chi connectivity index (χ2v) is 3.96. The van der Waals surface area contributed by atoms with Crippen molar-refractivity contribution >= 4 is 24.0 Å². The molecule has 0 fully saturated rings. The molecule has 1 heterocycles. The third-order valence-corrected chi connectivity index (χ3v) is 1.90. The molecule has 4 nitrogen and oxygen atoms in total. The lowest BCUT2D eigenvalue weighted by atomic mass is 10.2. The summed E-state index contributed by atoms with van der Waals surface area (Å²) in [7, 11) is 0. The fourth-order valence-corrected chi connectivity index (χ4v) is 1.09. The monoisotopic (exact) mass is 243 g/mol. The topological polar surface area (TPSA) is 68.0 Å². The van der Waals surface area contributed by atoms with Crippen molar-refractivity contribution in [1.29, 1.82) is 0 Å². The van der Waals surface area contributed by atoms with E-state index in [4.69, 9.17) is 5.73 Å². The zero-order valence-electron chi connectivity index (χ0n) is 9.56. The Hall–Kier alpha value is -1.29. The molecule has 5 heteroatoms. The molecule has 3 N–H and O–H groups in total. The Bertz CT molecular complexity index is 325. The molecule has 0 radical (unpaired) electrons. The van der Waals surface area contributed by atoms with Crippen LogP contribution in [0.1, 0.15) is 19.5 Å². The van der Waals surface area contributed by atoms with Gasteiger partial charge in [0, 0.05) is 12.2 Å². The number of halogens is 1. The molecule has 1 aromatic heterocycles. The molecule has 0 saturated carbocycles. The number of anilines is 1. The second kappa shape index (κ2) is 7.06. The molecule has 1 rings (SSSR count). The first kappa shape index (κ1) is 14.7. The quantitative estimate of drug-likeness (QED) is 0.840. The van der Waals surface area contributed by atoms with Gasteiger partial charge in [0.05, 0.1) is 18.3 Å². The van der Waals surface area contributed by atoms with Crippen LogP contribution in [0.2, 0.25) is 0 Å². The van der Waals surface area contributed by atoms with Gasteiger partial charge >= 0.3 is 0 Å².